The molecule has 0 fully saturated rings. The summed E-state index contributed by atoms with van der Waals surface area (Å²) in [6, 6.07) is 14.8. The van der Waals surface area contributed by atoms with Gasteiger partial charge in [0, 0.05) is 24.0 Å². The zero-order valence-corrected chi connectivity index (χ0v) is 13.2. The summed E-state index contributed by atoms with van der Waals surface area (Å²) in [5, 5.41) is 4.38. The fourth-order valence-electron chi connectivity index (χ4n) is 2.87. The van der Waals surface area contributed by atoms with E-state index in [9.17, 15) is 4.79 Å². The van der Waals surface area contributed by atoms with E-state index in [0.717, 1.165) is 29.8 Å². The summed E-state index contributed by atoms with van der Waals surface area (Å²) in [6.45, 7) is 1.53. The molecule has 3 aromatic rings. The first-order chi connectivity index (χ1) is 11.8. The average Bonchev–Trinajstić information content (AvgIpc) is 3.12. The summed E-state index contributed by atoms with van der Waals surface area (Å²) >= 11 is 0. The van der Waals surface area contributed by atoms with E-state index in [4.69, 9.17) is 4.74 Å². The summed E-state index contributed by atoms with van der Waals surface area (Å²) in [5.41, 5.74) is 1.71. The number of nitrogens with one attached hydrogen (secondary N) is 1. The molecule has 0 spiro atoms. The van der Waals surface area contributed by atoms with Gasteiger partial charge in [0.25, 0.3) is 5.91 Å². The number of hydrogen-bond donors (Lipinski definition) is 1. The highest BCUT2D eigenvalue weighted by Crippen LogP contribution is 2.22. The Balaban J connectivity index is 1.86. The van der Waals surface area contributed by atoms with Crippen LogP contribution < -0.4 is 15.7 Å². The molecule has 0 saturated carbocycles. The van der Waals surface area contributed by atoms with E-state index in [1.807, 2.05) is 28.8 Å². The van der Waals surface area contributed by atoms with E-state index in [2.05, 4.69) is 15.3 Å². The SMILES string of the molecule is COc1cccc(C(=O)N=c2nc3ccccc3c3n2CCN3)c1. The maximum atomic E-state index is 12.5. The Morgan fingerprint density at radius 1 is 1.25 bits per heavy atom. The molecule has 1 amide bonds. The van der Waals surface area contributed by atoms with Crippen molar-refractivity contribution in [1.29, 1.82) is 0 Å². The molecule has 0 bridgehead atoms. The molecule has 2 aromatic carbocycles. The highest BCUT2D eigenvalue weighted by molar-refractivity contribution is 5.95. The Bertz CT molecular complexity index is 1010. The Kier molecular flexibility index (Phi) is 3.49. The summed E-state index contributed by atoms with van der Waals surface area (Å²) < 4.78 is 7.11. The molecule has 1 N–H and O–H groups in total. The van der Waals surface area contributed by atoms with Crippen LogP contribution in [0.4, 0.5) is 5.82 Å². The number of ether oxygens (including phenoxy) is 1. The van der Waals surface area contributed by atoms with Gasteiger partial charge in [0.1, 0.15) is 11.6 Å². The molecule has 0 atom stereocenters. The number of methoxy groups -OCH3 is 1. The third-order valence-corrected chi connectivity index (χ3v) is 4.04. The van der Waals surface area contributed by atoms with Crippen LogP contribution in [0.2, 0.25) is 0 Å². The molecule has 1 aliphatic heterocycles. The lowest BCUT2D eigenvalue weighted by Crippen LogP contribution is -2.24. The van der Waals surface area contributed by atoms with Crippen molar-refractivity contribution in [2.45, 2.75) is 6.54 Å². The van der Waals surface area contributed by atoms with Crippen LogP contribution in [0.5, 0.6) is 5.75 Å². The topological polar surface area (TPSA) is 68.5 Å². The van der Waals surface area contributed by atoms with Gasteiger partial charge in [0.15, 0.2) is 0 Å². The Morgan fingerprint density at radius 3 is 3.00 bits per heavy atom. The first-order valence-electron chi connectivity index (χ1n) is 7.73. The number of anilines is 1. The fourth-order valence-corrected chi connectivity index (χ4v) is 2.87. The van der Waals surface area contributed by atoms with Crippen molar-refractivity contribution in [3.8, 4) is 5.75 Å². The van der Waals surface area contributed by atoms with Gasteiger partial charge in [-0.3, -0.25) is 9.36 Å². The van der Waals surface area contributed by atoms with Crippen LogP contribution in [0.15, 0.2) is 53.5 Å². The Morgan fingerprint density at radius 2 is 2.12 bits per heavy atom. The molecule has 6 nitrogen and oxygen atoms in total. The van der Waals surface area contributed by atoms with E-state index >= 15 is 0 Å². The first-order valence-corrected chi connectivity index (χ1v) is 7.73. The number of fused-ring (bicyclic) bond motifs is 3. The zero-order valence-electron chi connectivity index (χ0n) is 13.2. The second-order valence-corrected chi connectivity index (χ2v) is 5.50. The van der Waals surface area contributed by atoms with E-state index in [0.29, 0.717) is 16.9 Å². The van der Waals surface area contributed by atoms with Crippen LogP contribution >= 0.6 is 0 Å². The number of benzene rings is 2. The van der Waals surface area contributed by atoms with Crippen molar-refractivity contribution in [2.24, 2.45) is 4.99 Å². The largest absolute Gasteiger partial charge is 0.497 e. The van der Waals surface area contributed by atoms with Gasteiger partial charge >= 0.3 is 0 Å². The fraction of sp³-hybridized carbons (Fsp3) is 0.167. The van der Waals surface area contributed by atoms with Crippen molar-refractivity contribution in [3.63, 3.8) is 0 Å². The van der Waals surface area contributed by atoms with Gasteiger partial charge in [-0.05, 0) is 30.3 Å². The minimum atomic E-state index is -0.335. The van der Waals surface area contributed by atoms with Crippen molar-refractivity contribution in [3.05, 3.63) is 59.7 Å². The van der Waals surface area contributed by atoms with Gasteiger partial charge in [0.2, 0.25) is 5.62 Å². The molecule has 4 rings (SSSR count). The van der Waals surface area contributed by atoms with E-state index < -0.39 is 0 Å². The van der Waals surface area contributed by atoms with Crippen molar-refractivity contribution < 1.29 is 9.53 Å². The molecule has 6 heteroatoms. The lowest BCUT2D eigenvalue weighted by molar-refractivity contribution is 0.0996. The van der Waals surface area contributed by atoms with Gasteiger partial charge in [-0.2, -0.15) is 4.99 Å². The number of hydrogen-bond acceptors (Lipinski definition) is 4. The average molecular weight is 320 g/mol. The van der Waals surface area contributed by atoms with Crippen molar-refractivity contribution in [2.75, 3.05) is 19.0 Å². The van der Waals surface area contributed by atoms with Crippen LogP contribution in [-0.4, -0.2) is 29.1 Å². The minimum absolute atomic E-state index is 0.335. The molecular weight excluding hydrogens is 304 g/mol. The van der Waals surface area contributed by atoms with Crippen LogP contribution in [0.3, 0.4) is 0 Å². The minimum Gasteiger partial charge on any atom is -0.497 e. The van der Waals surface area contributed by atoms with Crippen molar-refractivity contribution >= 4 is 22.6 Å². The van der Waals surface area contributed by atoms with E-state index in [1.165, 1.54) is 0 Å². The smallest absolute Gasteiger partial charge is 0.280 e. The van der Waals surface area contributed by atoms with Crippen LogP contribution in [-0.2, 0) is 6.54 Å². The summed E-state index contributed by atoms with van der Waals surface area (Å²) in [5.74, 6) is 1.25. The number of carbonyl (C=O) groups excluding carboxylic acids is 1. The molecular formula is C18H16N4O2. The molecule has 0 saturated heterocycles. The van der Waals surface area contributed by atoms with Gasteiger partial charge in [0.05, 0.1) is 12.6 Å². The summed E-state index contributed by atoms with van der Waals surface area (Å²) in [6.07, 6.45) is 0. The standard InChI is InChI=1S/C18H16N4O2/c1-24-13-6-4-5-12(11-13)17(23)21-18-20-15-8-3-2-7-14(15)16-19-9-10-22(16)18/h2-8,11,19H,9-10H2,1H3. The predicted molar refractivity (Wildman–Crippen MR) is 91.1 cm³/mol. The van der Waals surface area contributed by atoms with Gasteiger partial charge in [-0.15, -0.1) is 0 Å². The second kappa shape index (κ2) is 5.81. The van der Waals surface area contributed by atoms with Gasteiger partial charge in [-0.25, -0.2) is 4.98 Å². The van der Waals surface area contributed by atoms with E-state index in [-0.39, 0.29) is 5.91 Å². The van der Waals surface area contributed by atoms with Crippen LogP contribution in [0.25, 0.3) is 10.9 Å². The predicted octanol–water partition coefficient (Wildman–Crippen LogP) is 2.21. The molecule has 0 aliphatic carbocycles. The molecule has 24 heavy (non-hydrogen) atoms. The second-order valence-electron chi connectivity index (χ2n) is 5.50. The van der Waals surface area contributed by atoms with Gasteiger partial charge in [-0.1, -0.05) is 18.2 Å². The Labute approximate surface area is 138 Å². The monoisotopic (exact) mass is 320 g/mol. The number of amides is 1. The van der Waals surface area contributed by atoms with Crippen LogP contribution in [0.1, 0.15) is 10.4 Å². The summed E-state index contributed by atoms with van der Waals surface area (Å²) in [7, 11) is 1.57. The highest BCUT2D eigenvalue weighted by Gasteiger charge is 2.15. The lowest BCUT2D eigenvalue weighted by Gasteiger charge is -2.07. The molecule has 1 aliphatic rings. The van der Waals surface area contributed by atoms with Crippen molar-refractivity contribution in [1.82, 2.24) is 9.55 Å². The number of aromatic nitrogens is 2. The summed E-state index contributed by atoms with van der Waals surface area (Å²) in [4.78, 5) is 21.3. The molecule has 0 unspecified atom stereocenters. The maximum Gasteiger partial charge on any atom is 0.280 e. The number of nitrogens with zero attached hydrogens (tertiary/aromatic N) is 3. The van der Waals surface area contributed by atoms with Crippen LogP contribution in [0, 0.1) is 0 Å². The number of rotatable bonds is 2. The number of para-hydroxylation sites is 1. The number of carbonyl (C=O) groups is 1. The first kappa shape index (κ1) is 14.4. The molecule has 1 aromatic heterocycles. The normalized spacial score (nSPS) is 13.6. The third kappa shape index (κ3) is 2.42. The molecule has 120 valence electrons. The zero-order chi connectivity index (χ0) is 16.5. The highest BCUT2D eigenvalue weighted by atomic mass is 16.5. The third-order valence-electron chi connectivity index (χ3n) is 4.04. The van der Waals surface area contributed by atoms with E-state index in [1.54, 1.807) is 31.4 Å². The Hall–Kier alpha value is -3.15. The lowest BCUT2D eigenvalue weighted by atomic mass is 10.2. The molecule has 2 heterocycles. The quantitative estimate of drug-likeness (QED) is 0.786. The maximum absolute atomic E-state index is 12.5. The molecule has 0 radical (unpaired) electrons. The van der Waals surface area contributed by atoms with Gasteiger partial charge < -0.3 is 10.1 Å².